The molecule has 2 aromatic rings. The van der Waals surface area contributed by atoms with Gasteiger partial charge in [0.15, 0.2) is 5.69 Å². The molecule has 1 aromatic heterocycles. The maximum absolute atomic E-state index is 11.0. The first kappa shape index (κ1) is 10.8. The molecule has 1 saturated carbocycles. The number of phenols is 1. The van der Waals surface area contributed by atoms with Crippen molar-refractivity contribution in [3.05, 3.63) is 41.7 Å². The first-order chi connectivity index (χ1) is 8.65. The van der Waals surface area contributed by atoms with E-state index in [4.69, 9.17) is 5.11 Å². The Bertz CT molecular complexity index is 597. The summed E-state index contributed by atoms with van der Waals surface area (Å²) in [5, 5.41) is 22.4. The van der Waals surface area contributed by atoms with Crippen LogP contribution in [0.2, 0.25) is 0 Å². The van der Waals surface area contributed by atoms with Gasteiger partial charge in [-0.1, -0.05) is 0 Å². The van der Waals surface area contributed by atoms with Gasteiger partial charge in [-0.15, -0.1) is 0 Å². The number of hydrogen-bond acceptors (Lipinski definition) is 3. The zero-order chi connectivity index (χ0) is 12.7. The Morgan fingerprint density at radius 3 is 2.50 bits per heavy atom. The van der Waals surface area contributed by atoms with Crippen molar-refractivity contribution in [1.29, 1.82) is 0 Å². The van der Waals surface area contributed by atoms with Crippen LogP contribution in [0.3, 0.4) is 0 Å². The fraction of sp³-hybridized carbons (Fsp3) is 0.231. The van der Waals surface area contributed by atoms with Gasteiger partial charge >= 0.3 is 5.97 Å². The lowest BCUT2D eigenvalue weighted by Crippen LogP contribution is -2.03. The molecule has 1 heterocycles. The highest BCUT2D eigenvalue weighted by Crippen LogP contribution is 2.41. The van der Waals surface area contributed by atoms with Gasteiger partial charge < -0.3 is 10.2 Å². The first-order valence-corrected chi connectivity index (χ1v) is 5.78. The standard InChI is InChI=1S/C13H12N2O3/c16-10-5-3-9(4-6-10)15-12(8-1-2-8)7-11(14-15)13(17)18/h3-8,16H,1-2H2,(H,17,18). The molecule has 1 fully saturated rings. The van der Waals surface area contributed by atoms with Crippen LogP contribution in [0.25, 0.3) is 5.69 Å². The SMILES string of the molecule is O=C(O)c1cc(C2CC2)n(-c2ccc(O)cc2)n1. The van der Waals surface area contributed by atoms with Crippen molar-refractivity contribution >= 4 is 5.97 Å². The van der Waals surface area contributed by atoms with Crippen LogP contribution in [0.1, 0.15) is 34.9 Å². The summed E-state index contributed by atoms with van der Waals surface area (Å²) in [6, 6.07) is 8.20. The van der Waals surface area contributed by atoms with Gasteiger partial charge in [-0.2, -0.15) is 5.10 Å². The second kappa shape index (κ2) is 3.87. The third kappa shape index (κ3) is 1.84. The van der Waals surface area contributed by atoms with Crippen LogP contribution in [0.15, 0.2) is 30.3 Å². The Morgan fingerprint density at radius 2 is 1.94 bits per heavy atom. The van der Waals surface area contributed by atoms with E-state index in [9.17, 15) is 9.90 Å². The molecule has 0 atom stereocenters. The molecule has 0 unspecified atom stereocenters. The molecule has 5 heteroatoms. The second-order valence-corrected chi connectivity index (χ2v) is 4.46. The molecule has 0 amide bonds. The van der Waals surface area contributed by atoms with E-state index >= 15 is 0 Å². The van der Waals surface area contributed by atoms with Crippen molar-refractivity contribution in [3.63, 3.8) is 0 Å². The summed E-state index contributed by atoms with van der Waals surface area (Å²) in [4.78, 5) is 11.0. The lowest BCUT2D eigenvalue weighted by atomic mass is 10.2. The number of rotatable bonds is 3. The largest absolute Gasteiger partial charge is 0.508 e. The zero-order valence-electron chi connectivity index (χ0n) is 9.58. The quantitative estimate of drug-likeness (QED) is 0.867. The van der Waals surface area contributed by atoms with Gasteiger partial charge in [-0.25, -0.2) is 9.48 Å². The van der Waals surface area contributed by atoms with Crippen molar-refractivity contribution in [2.75, 3.05) is 0 Å². The fourth-order valence-corrected chi connectivity index (χ4v) is 1.97. The van der Waals surface area contributed by atoms with Crippen LogP contribution in [-0.4, -0.2) is 26.0 Å². The zero-order valence-corrected chi connectivity index (χ0v) is 9.58. The van der Waals surface area contributed by atoms with Crippen molar-refractivity contribution in [2.24, 2.45) is 0 Å². The molecular weight excluding hydrogens is 232 g/mol. The number of hydrogen-bond donors (Lipinski definition) is 2. The summed E-state index contributed by atoms with van der Waals surface area (Å²) in [5.74, 6) is -0.439. The molecule has 0 spiro atoms. The number of phenolic OH excluding ortho intramolecular Hbond substituents is 1. The van der Waals surface area contributed by atoms with Crippen LogP contribution in [0.4, 0.5) is 0 Å². The van der Waals surface area contributed by atoms with E-state index in [0.29, 0.717) is 5.92 Å². The number of aromatic hydroxyl groups is 1. The second-order valence-electron chi connectivity index (χ2n) is 4.46. The van der Waals surface area contributed by atoms with Gasteiger partial charge in [0.25, 0.3) is 0 Å². The number of aromatic nitrogens is 2. The first-order valence-electron chi connectivity index (χ1n) is 5.78. The Hall–Kier alpha value is -2.30. The van der Waals surface area contributed by atoms with Gasteiger partial charge in [0.05, 0.1) is 5.69 Å². The van der Waals surface area contributed by atoms with E-state index in [2.05, 4.69) is 5.10 Å². The molecule has 0 bridgehead atoms. The number of carboxylic acid groups (broad SMARTS) is 1. The van der Waals surface area contributed by atoms with E-state index in [1.807, 2.05) is 0 Å². The average molecular weight is 244 g/mol. The molecule has 3 rings (SSSR count). The summed E-state index contributed by atoms with van der Waals surface area (Å²) >= 11 is 0. The molecule has 2 N–H and O–H groups in total. The van der Waals surface area contributed by atoms with Gasteiger partial charge in [-0.05, 0) is 43.2 Å². The molecule has 5 nitrogen and oxygen atoms in total. The molecule has 1 aliphatic rings. The number of carboxylic acids is 1. The van der Waals surface area contributed by atoms with Crippen LogP contribution >= 0.6 is 0 Å². The van der Waals surface area contributed by atoms with Crippen molar-refractivity contribution in [1.82, 2.24) is 9.78 Å². The van der Waals surface area contributed by atoms with Gasteiger partial charge in [0, 0.05) is 11.6 Å². The van der Waals surface area contributed by atoms with E-state index in [-0.39, 0.29) is 11.4 Å². The van der Waals surface area contributed by atoms with Crippen molar-refractivity contribution in [3.8, 4) is 11.4 Å². The highest BCUT2D eigenvalue weighted by atomic mass is 16.4. The molecule has 18 heavy (non-hydrogen) atoms. The third-order valence-corrected chi connectivity index (χ3v) is 3.05. The average Bonchev–Trinajstić information content (AvgIpc) is 3.09. The van der Waals surface area contributed by atoms with Gasteiger partial charge in [0.1, 0.15) is 5.75 Å². The Balaban J connectivity index is 2.09. The number of carbonyl (C=O) groups is 1. The van der Waals surface area contributed by atoms with Crippen LogP contribution in [0, 0.1) is 0 Å². The van der Waals surface area contributed by atoms with Gasteiger partial charge in [-0.3, -0.25) is 0 Å². The maximum atomic E-state index is 11.0. The molecule has 0 saturated heterocycles. The number of aromatic carboxylic acids is 1. The highest BCUT2D eigenvalue weighted by molar-refractivity contribution is 5.85. The molecule has 1 aromatic carbocycles. The predicted molar refractivity (Wildman–Crippen MR) is 64.2 cm³/mol. The lowest BCUT2D eigenvalue weighted by molar-refractivity contribution is 0.0690. The van der Waals surface area contributed by atoms with E-state index < -0.39 is 5.97 Å². The Morgan fingerprint density at radius 1 is 1.28 bits per heavy atom. The van der Waals surface area contributed by atoms with Crippen LogP contribution < -0.4 is 0 Å². The Kier molecular flexibility index (Phi) is 2.33. The minimum absolute atomic E-state index is 0.0602. The minimum Gasteiger partial charge on any atom is -0.508 e. The highest BCUT2D eigenvalue weighted by Gasteiger charge is 2.29. The summed E-state index contributed by atoms with van der Waals surface area (Å²) in [6.45, 7) is 0. The molecular formula is C13H12N2O3. The summed E-state index contributed by atoms with van der Waals surface area (Å²) in [5.41, 5.74) is 1.75. The predicted octanol–water partition coefficient (Wildman–Crippen LogP) is 2.15. The maximum Gasteiger partial charge on any atom is 0.356 e. The smallest absolute Gasteiger partial charge is 0.356 e. The van der Waals surface area contributed by atoms with Gasteiger partial charge in [0.2, 0.25) is 0 Å². The fourth-order valence-electron chi connectivity index (χ4n) is 1.97. The Labute approximate surface area is 103 Å². The number of nitrogens with zero attached hydrogens (tertiary/aromatic N) is 2. The van der Waals surface area contributed by atoms with Crippen LogP contribution in [-0.2, 0) is 0 Å². The molecule has 1 aliphatic carbocycles. The van der Waals surface area contributed by atoms with Crippen LogP contribution in [0.5, 0.6) is 5.75 Å². The summed E-state index contributed by atoms with van der Waals surface area (Å²) < 4.78 is 1.65. The van der Waals surface area contributed by atoms with Crippen molar-refractivity contribution in [2.45, 2.75) is 18.8 Å². The topological polar surface area (TPSA) is 75.3 Å². The van der Waals surface area contributed by atoms with E-state index in [1.54, 1.807) is 35.0 Å². The van der Waals surface area contributed by atoms with Crippen molar-refractivity contribution < 1.29 is 15.0 Å². The molecule has 92 valence electrons. The van der Waals surface area contributed by atoms with E-state index in [0.717, 1.165) is 24.2 Å². The minimum atomic E-state index is -1.02. The third-order valence-electron chi connectivity index (χ3n) is 3.05. The molecule has 0 radical (unpaired) electrons. The monoisotopic (exact) mass is 244 g/mol. The molecule has 0 aliphatic heterocycles. The number of benzene rings is 1. The lowest BCUT2D eigenvalue weighted by Gasteiger charge is -2.06. The summed E-state index contributed by atoms with van der Waals surface area (Å²) in [7, 11) is 0. The summed E-state index contributed by atoms with van der Waals surface area (Å²) in [6.07, 6.45) is 2.14. The normalized spacial score (nSPS) is 14.7. The van der Waals surface area contributed by atoms with E-state index in [1.165, 1.54) is 0 Å².